The summed E-state index contributed by atoms with van der Waals surface area (Å²) in [5, 5.41) is 11.3. The van der Waals surface area contributed by atoms with Crippen molar-refractivity contribution in [1.29, 1.82) is 0 Å². The fraction of sp³-hybridized carbons (Fsp3) is 0.176. The number of benzene rings is 6. The number of hydrogen-bond donors (Lipinski definition) is 1. The molecular weight excluding hydrogens is 866 g/mol. The molecule has 1 N–H and O–H groups in total. The number of imidazole rings is 1. The van der Waals surface area contributed by atoms with Crippen LogP contribution in [0.15, 0.2) is 146 Å². The van der Waals surface area contributed by atoms with Crippen LogP contribution in [-0.4, -0.2) is 19.6 Å². The second-order valence-electron chi connectivity index (χ2n) is 15.2. The molecule has 282 valence electrons. The summed E-state index contributed by atoms with van der Waals surface area (Å²) in [6, 6.07) is 32.6. The first-order chi connectivity index (χ1) is 30.7. The molecule has 56 heavy (non-hydrogen) atoms. The van der Waals surface area contributed by atoms with Gasteiger partial charge in [-0.05, 0) is 88.8 Å². The van der Waals surface area contributed by atoms with Crippen LogP contribution in [0.3, 0.4) is 0 Å². The molecule has 0 atom stereocenters. The van der Waals surface area contributed by atoms with Gasteiger partial charge in [-0.2, -0.15) is 0 Å². The number of hydrogen-bond acceptors (Lipinski definition) is 3. The Morgan fingerprint density at radius 1 is 0.768 bits per heavy atom. The molecule has 0 saturated carbocycles. The molecule has 0 unspecified atom stereocenters. The second kappa shape index (κ2) is 15.9. The van der Waals surface area contributed by atoms with Gasteiger partial charge in [-0.25, -0.2) is 4.98 Å². The van der Waals surface area contributed by atoms with Crippen molar-refractivity contribution in [3.8, 4) is 67.5 Å². The Labute approximate surface area is 359 Å². The molecule has 0 aliphatic carbocycles. The summed E-state index contributed by atoms with van der Waals surface area (Å²) >= 11 is 0. The molecule has 0 amide bonds. The van der Waals surface area contributed by atoms with E-state index in [1.807, 2.05) is 79.9 Å². The summed E-state index contributed by atoms with van der Waals surface area (Å²) in [7, 11) is 0. The van der Waals surface area contributed by atoms with Crippen molar-refractivity contribution in [2.45, 2.75) is 53.3 Å². The molecule has 0 aliphatic heterocycles. The van der Waals surface area contributed by atoms with Crippen LogP contribution in [0.5, 0.6) is 5.75 Å². The number of para-hydroxylation sites is 2. The minimum atomic E-state index is -2.96. The summed E-state index contributed by atoms with van der Waals surface area (Å²) in [5.41, 5.74) is 6.26. The Morgan fingerprint density at radius 2 is 1.50 bits per heavy atom. The van der Waals surface area contributed by atoms with Crippen LogP contribution in [0.4, 0.5) is 0 Å². The average Bonchev–Trinajstić information content (AvgIpc) is 3.64. The molecular formula is C51H46N3OPt-. The Balaban J connectivity index is 0.00000648. The first-order valence-electron chi connectivity index (χ1n) is 23.3. The van der Waals surface area contributed by atoms with Gasteiger partial charge in [-0.1, -0.05) is 142 Å². The molecule has 2 aromatic heterocycles. The van der Waals surface area contributed by atoms with Crippen LogP contribution in [0.1, 0.15) is 65.0 Å². The van der Waals surface area contributed by atoms with Gasteiger partial charge in [0, 0.05) is 42.7 Å². The van der Waals surface area contributed by atoms with E-state index in [2.05, 4.69) is 55.2 Å². The maximum Gasteiger partial charge on any atom is 0.148 e. The Bertz CT molecular complexity index is 3150. The van der Waals surface area contributed by atoms with Crippen molar-refractivity contribution in [3.63, 3.8) is 0 Å². The fourth-order valence-electron chi connectivity index (χ4n) is 6.93. The van der Waals surface area contributed by atoms with E-state index < -0.39 is 65.8 Å². The van der Waals surface area contributed by atoms with Gasteiger partial charge in [0.25, 0.3) is 0 Å². The standard InChI is InChI=1S/C51H46N3O.Pt/c1-33(2)27-38-31-42(23-24-43(38)36-13-8-7-9-14-36)54-47-17-12-16-44(49(47)53-50(54)45-15-10-11-18-48(45)55)39-28-40(30-41(29-39)51(4,5)6)46-32-37(25-26-52-46)35-21-19-34(3)20-22-35;/h7-26,29-33,55H,27H2,1-6H3;/q-1;/i3D3,19D,20D,21D,22D,25D,26D,32D;. The molecule has 0 spiro atoms. The van der Waals surface area contributed by atoms with E-state index in [9.17, 15) is 6.48 Å². The zero-order valence-corrected chi connectivity index (χ0v) is 34.0. The van der Waals surface area contributed by atoms with Crippen LogP contribution in [-0.2, 0) is 32.9 Å². The summed E-state index contributed by atoms with van der Waals surface area (Å²) < 4.78 is 87.4. The normalized spacial score (nSPS) is 14.3. The fourth-order valence-corrected chi connectivity index (χ4v) is 6.93. The number of aromatic hydroxyl groups is 1. The van der Waals surface area contributed by atoms with Crippen molar-refractivity contribution in [3.05, 3.63) is 168 Å². The summed E-state index contributed by atoms with van der Waals surface area (Å²) in [4.78, 5) is 9.66. The largest absolute Gasteiger partial charge is 0.507 e. The van der Waals surface area contributed by atoms with Crippen molar-refractivity contribution >= 4 is 11.0 Å². The minimum absolute atomic E-state index is 0. The van der Waals surface area contributed by atoms with Crippen LogP contribution in [0.2, 0.25) is 0 Å². The number of phenolic OH excluding ortho intramolecular Hbond substituents is 1. The smallest absolute Gasteiger partial charge is 0.148 e. The SMILES string of the molecule is [2H]c1nc(-c2[c-]c(-c3cccc4c3nc(-c3ccccc3O)n4-c3ccc(-c4ccccc4)c(CC(C)C)c3)cc(C(C)(C)C)c2)c([2H])c(-c2c([2H])c([2H])c(C([2H])([2H])[2H])c([2H])c2[2H])c1[2H].[Pt]. The molecule has 8 aromatic rings. The van der Waals surface area contributed by atoms with Crippen molar-refractivity contribution in [2.75, 3.05) is 0 Å². The Kier molecular flexibility index (Phi) is 7.92. The van der Waals surface area contributed by atoms with Crippen LogP contribution >= 0.6 is 0 Å². The average molecular weight is 922 g/mol. The van der Waals surface area contributed by atoms with Gasteiger partial charge in [0.1, 0.15) is 11.6 Å². The van der Waals surface area contributed by atoms with E-state index in [0.29, 0.717) is 33.9 Å². The van der Waals surface area contributed by atoms with Crippen LogP contribution < -0.4 is 0 Å². The summed E-state index contributed by atoms with van der Waals surface area (Å²) in [6.45, 7) is 7.49. The predicted octanol–water partition coefficient (Wildman–Crippen LogP) is 13.1. The molecule has 0 bridgehead atoms. The molecule has 2 heterocycles. The van der Waals surface area contributed by atoms with Gasteiger partial charge in [0.15, 0.2) is 0 Å². The van der Waals surface area contributed by atoms with Crippen LogP contribution in [0.25, 0.3) is 72.7 Å². The van der Waals surface area contributed by atoms with E-state index in [-0.39, 0.29) is 43.6 Å². The molecule has 0 radical (unpaired) electrons. The van der Waals surface area contributed by atoms with Gasteiger partial charge in [0.05, 0.1) is 26.2 Å². The van der Waals surface area contributed by atoms with Crippen molar-refractivity contribution in [1.82, 2.24) is 14.5 Å². The first-order valence-corrected chi connectivity index (χ1v) is 18.3. The second-order valence-corrected chi connectivity index (χ2v) is 15.2. The molecule has 0 saturated heterocycles. The number of nitrogens with zero attached hydrogens (tertiary/aromatic N) is 3. The van der Waals surface area contributed by atoms with Gasteiger partial charge in [-0.3, -0.25) is 9.55 Å². The van der Waals surface area contributed by atoms with Gasteiger partial charge in [0.2, 0.25) is 0 Å². The van der Waals surface area contributed by atoms with E-state index in [4.69, 9.17) is 17.3 Å². The minimum Gasteiger partial charge on any atom is -0.507 e. The zero-order valence-electron chi connectivity index (χ0n) is 41.7. The Morgan fingerprint density at radius 3 is 2.23 bits per heavy atom. The number of aromatic nitrogens is 3. The van der Waals surface area contributed by atoms with E-state index >= 15 is 0 Å². The molecule has 5 heteroatoms. The molecule has 8 rings (SSSR count). The summed E-state index contributed by atoms with van der Waals surface area (Å²) in [6.07, 6.45) is 0.241. The number of pyridine rings is 1. The van der Waals surface area contributed by atoms with Crippen molar-refractivity contribution in [2.24, 2.45) is 5.92 Å². The predicted molar refractivity (Wildman–Crippen MR) is 229 cm³/mol. The van der Waals surface area contributed by atoms with Crippen molar-refractivity contribution < 1.29 is 39.9 Å². The Hall–Kier alpha value is -5.57. The number of fused-ring (bicyclic) bond motifs is 1. The summed E-state index contributed by atoms with van der Waals surface area (Å²) in [5.74, 6) is 0.931. The quantitative estimate of drug-likeness (QED) is 0.155. The first kappa shape index (κ1) is 27.9. The monoisotopic (exact) mass is 921 g/mol. The third-order valence-corrected chi connectivity index (χ3v) is 9.64. The van der Waals surface area contributed by atoms with E-state index in [1.165, 1.54) is 0 Å². The molecule has 6 aromatic carbocycles. The molecule has 4 nitrogen and oxygen atoms in total. The molecule has 0 aliphatic rings. The van der Waals surface area contributed by atoms with Crippen LogP contribution in [0, 0.1) is 18.8 Å². The van der Waals surface area contributed by atoms with Gasteiger partial charge >= 0.3 is 0 Å². The topological polar surface area (TPSA) is 50.9 Å². The number of rotatable bonds is 8. The third-order valence-electron chi connectivity index (χ3n) is 9.64. The third kappa shape index (κ3) is 7.77. The van der Waals surface area contributed by atoms with Gasteiger partial charge in [-0.15, -0.1) is 29.3 Å². The molecule has 0 fully saturated rings. The maximum atomic E-state index is 11.3. The zero-order chi connectivity index (χ0) is 46.9. The van der Waals surface area contributed by atoms with Gasteiger partial charge < -0.3 is 5.11 Å². The maximum absolute atomic E-state index is 11.3. The van der Waals surface area contributed by atoms with E-state index in [1.54, 1.807) is 18.2 Å². The number of phenols is 1. The van der Waals surface area contributed by atoms with E-state index in [0.717, 1.165) is 39.9 Å².